The molecule has 1 aliphatic rings. The molecule has 27 heavy (non-hydrogen) atoms. The number of carbonyl (C=O) groups is 1. The van der Waals surface area contributed by atoms with Crippen molar-refractivity contribution in [2.75, 3.05) is 18.5 Å². The molecule has 2 aromatic heterocycles. The lowest BCUT2D eigenvalue weighted by molar-refractivity contribution is 0.0697. The summed E-state index contributed by atoms with van der Waals surface area (Å²) >= 11 is 6.20. The van der Waals surface area contributed by atoms with E-state index in [0.29, 0.717) is 31.1 Å². The number of aromatic carboxylic acids is 1. The van der Waals surface area contributed by atoms with Gasteiger partial charge in [0.2, 0.25) is 0 Å². The molecule has 3 heterocycles. The molecule has 0 radical (unpaired) electrons. The number of carboxylic acid groups (broad SMARTS) is 1. The Kier molecular flexibility index (Phi) is 4.54. The monoisotopic (exact) mass is 392 g/mol. The minimum absolute atomic E-state index is 0.000581. The minimum atomic E-state index is -1.18. The van der Waals surface area contributed by atoms with Gasteiger partial charge >= 0.3 is 5.97 Å². The fourth-order valence-electron chi connectivity index (χ4n) is 2.83. The van der Waals surface area contributed by atoms with Crippen molar-refractivity contribution in [3.63, 3.8) is 0 Å². The van der Waals surface area contributed by atoms with Crippen LogP contribution in [0.2, 0.25) is 5.02 Å². The lowest BCUT2D eigenvalue weighted by Gasteiger charge is -2.17. The number of nitrogens with one attached hydrogen (secondary N) is 1. The first-order valence-corrected chi connectivity index (χ1v) is 8.47. The summed E-state index contributed by atoms with van der Waals surface area (Å²) in [5.74, 6) is -1.07. The number of benzene rings is 1. The summed E-state index contributed by atoms with van der Waals surface area (Å²) in [6.07, 6.45) is 3.09. The normalized spacial score (nSPS) is 16.6. The fraction of sp³-hybridized carbons (Fsp3) is 0.235. The topological polar surface area (TPSA) is 98.0 Å². The zero-order chi connectivity index (χ0) is 19.0. The Hall–Kier alpha value is -2.91. The van der Waals surface area contributed by atoms with Crippen LogP contribution in [-0.2, 0) is 4.74 Å². The molecule has 0 spiro atoms. The van der Waals surface area contributed by atoms with Gasteiger partial charge < -0.3 is 19.9 Å². The first-order valence-electron chi connectivity index (χ1n) is 8.09. The van der Waals surface area contributed by atoms with Gasteiger partial charge in [0.05, 0.1) is 29.5 Å². The zero-order valence-corrected chi connectivity index (χ0v) is 14.6. The summed E-state index contributed by atoms with van der Waals surface area (Å²) in [4.78, 5) is 15.4. The highest BCUT2D eigenvalue weighted by Gasteiger charge is 2.22. The molecule has 4 rings (SSSR count). The van der Waals surface area contributed by atoms with E-state index in [2.05, 4.69) is 15.4 Å². The summed E-state index contributed by atoms with van der Waals surface area (Å²) < 4.78 is 26.2. The largest absolute Gasteiger partial charge is 0.486 e. The Morgan fingerprint density at radius 3 is 3.07 bits per heavy atom. The summed E-state index contributed by atoms with van der Waals surface area (Å²) in [7, 11) is 0. The van der Waals surface area contributed by atoms with Gasteiger partial charge in [-0.1, -0.05) is 11.6 Å². The van der Waals surface area contributed by atoms with E-state index < -0.39 is 11.8 Å². The van der Waals surface area contributed by atoms with E-state index in [0.717, 1.165) is 0 Å². The van der Waals surface area contributed by atoms with Crippen LogP contribution in [0.3, 0.4) is 0 Å². The molecule has 3 aromatic rings. The number of carboxylic acids is 1. The lowest BCUT2D eigenvalue weighted by atomic mass is 10.2. The molecule has 1 fully saturated rings. The molecule has 140 valence electrons. The van der Waals surface area contributed by atoms with Gasteiger partial charge in [-0.05, 0) is 12.1 Å². The van der Waals surface area contributed by atoms with E-state index in [9.17, 15) is 14.3 Å². The van der Waals surface area contributed by atoms with E-state index in [1.165, 1.54) is 35.2 Å². The maximum absolute atomic E-state index is 13.7. The second kappa shape index (κ2) is 7.01. The van der Waals surface area contributed by atoms with Gasteiger partial charge in [-0.25, -0.2) is 18.7 Å². The minimum Gasteiger partial charge on any atom is -0.486 e. The van der Waals surface area contributed by atoms with Crippen molar-refractivity contribution < 1.29 is 23.8 Å². The average molecular weight is 393 g/mol. The summed E-state index contributed by atoms with van der Waals surface area (Å²) in [6, 6.07) is 4.05. The Labute approximate surface area is 157 Å². The predicted octanol–water partition coefficient (Wildman–Crippen LogP) is 3.13. The maximum atomic E-state index is 13.7. The molecule has 1 aliphatic heterocycles. The van der Waals surface area contributed by atoms with Crippen LogP contribution in [0.15, 0.2) is 30.7 Å². The first-order chi connectivity index (χ1) is 13.0. The Bertz CT molecular complexity index is 1020. The SMILES string of the molecule is O=C(O)c1cn2ncnc(Nc3ccc(F)cc3OC3CCOC3)c2c1Cl. The third-order valence-corrected chi connectivity index (χ3v) is 4.50. The first kappa shape index (κ1) is 17.5. The summed E-state index contributed by atoms with van der Waals surface area (Å²) in [5, 5.41) is 16.2. The van der Waals surface area contributed by atoms with Gasteiger partial charge in [0.1, 0.15) is 29.5 Å². The van der Waals surface area contributed by atoms with Crippen molar-refractivity contribution >= 4 is 34.6 Å². The molecule has 1 saturated heterocycles. The number of fused-ring (bicyclic) bond motifs is 1. The van der Waals surface area contributed by atoms with Crippen LogP contribution in [0.1, 0.15) is 16.8 Å². The third-order valence-electron chi connectivity index (χ3n) is 4.12. The van der Waals surface area contributed by atoms with Crippen molar-refractivity contribution in [1.29, 1.82) is 0 Å². The number of nitrogens with zero attached hydrogens (tertiary/aromatic N) is 3. The van der Waals surface area contributed by atoms with Crippen LogP contribution in [0.4, 0.5) is 15.9 Å². The van der Waals surface area contributed by atoms with Gasteiger partial charge in [-0.2, -0.15) is 5.10 Å². The van der Waals surface area contributed by atoms with Crippen molar-refractivity contribution in [3.05, 3.63) is 47.1 Å². The fourth-order valence-corrected chi connectivity index (χ4v) is 3.13. The highest BCUT2D eigenvalue weighted by atomic mass is 35.5. The molecular formula is C17H14ClFN4O4. The molecule has 10 heteroatoms. The van der Waals surface area contributed by atoms with Crippen LogP contribution in [-0.4, -0.2) is 45.0 Å². The van der Waals surface area contributed by atoms with E-state index in [1.54, 1.807) is 0 Å². The number of hydrogen-bond acceptors (Lipinski definition) is 6. The number of halogens is 2. The Balaban J connectivity index is 1.73. The molecule has 1 unspecified atom stereocenters. The standard InChI is InChI=1S/C17H14ClFN4O4/c18-14-11(17(24)25)6-23-15(14)16(20-8-21-23)22-12-2-1-9(19)5-13(12)27-10-3-4-26-7-10/h1-2,5-6,8,10H,3-4,7H2,(H,24,25)(H,20,21,22). The van der Waals surface area contributed by atoms with Gasteiger partial charge in [0.25, 0.3) is 0 Å². The molecule has 8 nitrogen and oxygen atoms in total. The van der Waals surface area contributed by atoms with Crippen molar-refractivity contribution in [1.82, 2.24) is 14.6 Å². The van der Waals surface area contributed by atoms with Crippen molar-refractivity contribution in [2.45, 2.75) is 12.5 Å². The van der Waals surface area contributed by atoms with Crippen LogP contribution in [0.25, 0.3) is 5.52 Å². The summed E-state index contributed by atoms with van der Waals surface area (Å²) in [6.45, 7) is 1.02. The van der Waals surface area contributed by atoms with Crippen molar-refractivity contribution in [3.8, 4) is 5.75 Å². The number of hydrogen-bond donors (Lipinski definition) is 2. The average Bonchev–Trinajstić information content (AvgIpc) is 3.26. The van der Waals surface area contributed by atoms with E-state index in [-0.39, 0.29) is 28.0 Å². The van der Waals surface area contributed by atoms with E-state index in [4.69, 9.17) is 21.1 Å². The van der Waals surface area contributed by atoms with Crippen LogP contribution >= 0.6 is 11.6 Å². The number of anilines is 2. The number of ether oxygens (including phenoxy) is 2. The lowest BCUT2D eigenvalue weighted by Crippen LogP contribution is -2.16. The molecule has 2 N–H and O–H groups in total. The van der Waals surface area contributed by atoms with Crippen molar-refractivity contribution in [2.24, 2.45) is 0 Å². The van der Waals surface area contributed by atoms with Crippen LogP contribution in [0, 0.1) is 5.82 Å². The van der Waals surface area contributed by atoms with Gasteiger partial charge in [-0.3, -0.25) is 0 Å². The molecule has 0 bridgehead atoms. The van der Waals surface area contributed by atoms with Gasteiger partial charge in [0.15, 0.2) is 5.82 Å². The molecule has 0 amide bonds. The van der Waals surface area contributed by atoms with Crippen LogP contribution in [0.5, 0.6) is 5.75 Å². The summed E-state index contributed by atoms with van der Waals surface area (Å²) in [5.41, 5.74) is 0.646. The smallest absolute Gasteiger partial charge is 0.338 e. The maximum Gasteiger partial charge on any atom is 0.338 e. The van der Waals surface area contributed by atoms with E-state index in [1.807, 2.05) is 0 Å². The van der Waals surface area contributed by atoms with Gasteiger partial charge in [0, 0.05) is 18.7 Å². The highest BCUT2D eigenvalue weighted by Crippen LogP contribution is 2.34. The Morgan fingerprint density at radius 1 is 1.48 bits per heavy atom. The second-order valence-electron chi connectivity index (χ2n) is 5.93. The third kappa shape index (κ3) is 3.38. The molecule has 0 saturated carbocycles. The number of aromatic nitrogens is 3. The molecule has 0 aliphatic carbocycles. The second-order valence-corrected chi connectivity index (χ2v) is 6.31. The molecular weight excluding hydrogens is 379 g/mol. The van der Waals surface area contributed by atoms with Crippen LogP contribution < -0.4 is 10.1 Å². The number of rotatable bonds is 5. The zero-order valence-electron chi connectivity index (χ0n) is 13.9. The van der Waals surface area contributed by atoms with E-state index >= 15 is 0 Å². The predicted molar refractivity (Wildman–Crippen MR) is 94.5 cm³/mol. The molecule has 1 aromatic carbocycles. The Morgan fingerprint density at radius 2 is 2.33 bits per heavy atom. The molecule has 1 atom stereocenters. The quantitative estimate of drug-likeness (QED) is 0.688. The highest BCUT2D eigenvalue weighted by molar-refractivity contribution is 6.37. The van der Waals surface area contributed by atoms with Gasteiger partial charge in [-0.15, -0.1) is 0 Å².